The first-order chi connectivity index (χ1) is 8.90. The lowest BCUT2D eigenvalue weighted by Crippen LogP contribution is -2.26. The molecule has 0 aliphatic carbocycles. The van der Waals surface area contributed by atoms with Crippen molar-refractivity contribution in [3.05, 3.63) is 29.3 Å². The van der Waals surface area contributed by atoms with Crippen LogP contribution in [0.1, 0.15) is 37.8 Å². The number of aryl methyl sites for hydroxylation is 1. The van der Waals surface area contributed by atoms with Crippen LogP contribution in [-0.2, 0) is 22.0 Å². The lowest BCUT2D eigenvalue weighted by Gasteiger charge is -2.24. The van der Waals surface area contributed by atoms with Crippen molar-refractivity contribution in [3.8, 4) is 5.75 Å². The fourth-order valence-electron chi connectivity index (χ4n) is 2.65. The van der Waals surface area contributed by atoms with E-state index in [1.54, 1.807) is 0 Å². The lowest BCUT2D eigenvalue weighted by molar-refractivity contribution is 0.253. The zero-order chi connectivity index (χ0) is 14.1. The van der Waals surface area contributed by atoms with Crippen LogP contribution < -0.4 is 4.74 Å². The van der Waals surface area contributed by atoms with E-state index in [4.69, 9.17) is 9.29 Å². The normalized spacial score (nSPS) is 17.0. The van der Waals surface area contributed by atoms with Crippen molar-refractivity contribution in [2.75, 3.05) is 12.4 Å². The van der Waals surface area contributed by atoms with Gasteiger partial charge in [0.05, 0.1) is 12.4 Å². The molecule has 1 N–H and O–H groups in total. The summed E-state index contributed by atoms with van der Waals surface area (Å²) in [6, 6.07) is 5.80. The molecule has 4 nitrogen and oxygen atoms in total. The third-order valence-electron chi connectivity index (χ3n) is 4.12. The second-order valence-electron chi connectivity index (χ2n) is 5.14. The van der Waals surface area contributed by atoms with Crippen LogP contribution in [0.2, 0.25) is 0 Å². The van der Waals surface area contributed by atoms with E-state index in [0.717, 1.165) is 24.2 Å². The van der Waals surface area contributed by atoms with Crippen molar-refractivity contribution < 1.29 is 17.7 Å². The van der Waals surface area contributed by atoms with Crippen molar-refractivity contribution in [1.82, 2.24) is 0 Å². The Morgan fingerprint density at radius 3 is 2.58 bits per heavy atom. The van der Waals surface area contributed by atoms with E-state index in [1.165, 1.54) is 5.56 Å². The van der Waals surface area contributed by atoms with E-state index in [2.05, 4.69) is 13.8 Å². The molecule has 0 amide bonds. The summed E-state index contributed by atoms with van der Waals surface area (Å²) in [4.78, 5) is 0. The molecule has 0 unspecified atom stereocenters. The number of fused-ring (bicyclic) bond motifs is 1. The minimum Gasteiger partial charge on any atom is -0.492 e. The maximum absolute atomic E-state index is 10.8. The molecule has 0 spiro atoms. The topological polar surface area (TPSA) is 63.6 Å². The van der Waals surface area contributed by atoms with Crippen LogP contribution in [0.3, 0.4) is 0 Å². The molecule has 2 rings (SSSR count). The van der Waals surface area contributed by atoms with Gasteiger partial charge in [0.15, 0.2) is 0 Å². The van der Waals surface area contributed by atoms with Gasteiger partial charge < -0.3 is 4.74 Å². The summed E-state index contributed by atoms with van der Waals surface area (Å²) in [6.07, 6.45) is 2.33. The Hall–Kier alpha value is -1.07. The molecule has 1 aliphatic heterocycles. The average molecular weight is 284 g/mol. The first kappa shape index (κ1) is 14.3. The largest absolute Gasteiger partial charge is 0.492 e. The fraction of sp³-hybridized carbons (Fsp3) is 0.571. The van der Waals surface area contributed by atoms with E-state index < -0.39 is 10.1 Å². The molecule has 0 saturated carbocycles. The van der Waals surface area contributed by atoms with Crippen LogP contribution in [0.5, 0.6) is 5.75 Å². The molecule has 106 valence electrons. The highest BCUT2D eigenvalue weighted by Gasteiger charge is 2.37. The minimum absolute atomic E-state index is 0.0451. The van der Waals surface area contributed by atoms with Gasteiger partial charge in [-0.1, -0.05) is 26.0 Å². The van der Waals surface area contributed by atoms with Gasteiger partial charge >= 0.3 is 0 Å². The molecule has 0 aromatic heterocycles. The van der Waals surface area contributed by atoms with Crippen molar-refractivity contribution in [3.63, 3.8) is 0 Å². The lowest BCUT2D eigenvalue weighted by atomic mass is 9.77. The van der Waals surface area contributed by atoms with Crippen LogP contribution in [0.4, 0.5) is 0 Å². The highest BCUT2D eigenvalue weighted by atomic mass is 32.2. The fourth-order valence-corrected chi connectivity index (χ4v) is 3.14. The molecule has 1 aromatic rings. The molecule has 0 atom stereocenters. The van der Waals surface area contributed by atoms with Gasteiger partial charge in [-0.25, -0.2) is 0 Å². The second kappa shape index (κ2) is 5.13. The Balaban J connectivity index is 2.28. The van der Waals surface area contributed by atoms with Crippen LogP contribution >= 0.6 is 0 Å². The van der Waals surface area contributed by atoms with Gasteiger partial charge in [-0.05, 0) is 30.9 Å². The average Bonchev–Trinajstić information content (AvgIpc) is 2.74. The number of hydrogen-bond donors (Lipinski definition) is 1. The van der Waals surface area contributed by atoms with Gasteiger partial charge in [-0.15, -0.1) is 0 Å². The Bertz CT molecular complexity index is 559. The predicted molar refractivity (Wildman–Crippen MR) is 74.3 cm³/mol. The highest BCUT2D eigenvalue weighted by molar-refractivity contribution is 7.85. The zero-order valence-corrected chi connectivity index (χ0v) is 12.2. The molecular weight excluding hydrogens is 264 g/mol. The summed E-state index contributed by atoms with van der Waals surface area (Å²) in [7, 11) is -3.91. The summed E-state index contributed by atoms with van der Waals surface area (Å²) >= 11 is 0. The van der Waals surface area contributed by atoms with E-state index in [0.29, 0.717) is 13.0 Å². The molecule has 1 aromatic carbocycles. The Kier molecular flexibility index (Phi) is 3.87. The second-order valence-corrected chi connectivity index (χ2v) is 6.71. The summed E-state index contributed by atoms with van der Waals surface area (Å²) in [5.41, 5.74) is 2.14. The zero-order valence-electron chi connectivity index (χ0n) is 11.3. The third-order valence-corrected chi connectivity index (χ3v) is 4.84. The number of rotatable bonds is 5. The van der Waals surface area contributed by atoms with Crippen LogP contribution in [-0.4, -0.2) is 25.3 Å². The van der Waals surface area contributed by atoms with Crippen molar-refractivity contribution in [2.24, 2.45) is 0 Å². The van der Waals surface area contributed by atoms with Crippen molar-refractivity contribution >= 4 is 10.1 Å². The Labute approximate surface area is 114 Å². The summed E-state index contributed by atoms with van der Waals surface area (Å²) in [5, 5.41) is 0. The quantitative estimate of drug-likeness (QED) is 0.844. The van der Waals surface area contributed by atoms with E-state index in [-0.39, 0.29) is 11.2 Å². The van der Waals surface area contributed by atoms with Crippen LogP contribution in [0, 0.1) is 0 Å². The van der Waals surface area contributed by atoms with Gasteiger partial charge in [0.1, 0.15) is 5.75 Å². The molecule has 0 radical (unpaired) electrons. The Morgan fingerprint density at radius 2 is 2.00 bits per heavy atom. The molecular formula is C14H20O4S. The molecule has 0 saturated heterocycles. The Morgan fingerprint density at radius 1 is 1.32 bits per heavy atom. The van der Waals surface area contributed by atoms with Gasteiger partial charge in [0, 0.05) is 11.0 Å². The van der Waals surface area contributed by atoms with Gasteiger partial charge in [0.25, 0.3) is 10.1 Å². The molecule has 0 fully saturated rings. The van der Waals surface area contributed by atoms with Gasteiger partial charge in [0.2, 0.25) is 0 Å². The molecule has 19 heavy (non-hydrogen) atoms. The monoisotopic (exact) mass is 284 g/mol. The molecule has 0 bridgehead atoms. The molecule has 1 aliphatic rings. The first-order valence-corrected chi connectivity index (χ1v) is 8.22. The summed E-state index contributed by atoms with van der Waals surface area (Å²) < 4.78 is 36.2. The van der Waals surface area contributed by atoms with Crippen LogP contribution in [0.15, 0.2) is 18.2 Å². The van der Waals surface area contributed by atoms with Crippen LogP contribution in [0.25, 0.3) is 0 Å². The summed E-state index contributed by atoms with van der Waals surface area (Å²) in [6.45, 7) is 4.98. The first-order valence-electron chi connectivity index (χ1n) is 6.61. The maximum Gasteiger partial charge on any atom is 0.265 e. The number of benzene rings is 1. The van der Waals surface area contributed by atoms with E-state index in [9.17, 15) is 8.42 Å². The number of hydrogen-bond acceptors (Lipinski definition) is 3. The maximum atomic E-state index is 10.8. The van der Waals surface area contributed by atoms with E-state index in [1.807, 2.05) is 18.2 Å². The SMILES string of the molecule is CCC1(CC)COc2ccc(CCS(=O)(=O)O)cc21. The van der Waals surface area contributed by atoms with Crippen molar-refractivity contribution in [2.45, 2.75) is 38.5 Å². The van der Waals surface area contributed by atoms with Gasteiger partial charge in [-0.2, -0.15) is 8.42 Å². The van der Waals surface area contributed by atoms with Crippen molar-refractivity contribution in [1.29, 1.82) is 0 Å². The standard InChI is InChI=1S/C14H20O4S/c1-3-14(4-2)10-18-13-6-5-11(9-12(13)14)7-8-19(15,16)17/h5-6,9H,3-4,7-8,10H2,1-2H3,(H,15,16,17). The smallest absolute Gasteiger partial charge is 0.265 e. The highest BCUT2D eigenvalue weighted by Crippen LogP contribution is 2.43. The minimum atomic E-state index is -3.91. The third kappa shape index (κ3) is 2.92. The molecule has 1 heterocycles. The summed E-state index contributed by atoms with van der Waals surface area (Å²) in [5.74, 6) is 0.664. The van der Waals surface area contributed by atoms with E-state index >= 15 is 0 Å². The molecule has 5 heteroatoms. The van der Waals surface area contributed by atoms with Gasteiger partial charge in [-0.3, -0.25) is 4.55 Å². The predicted octanol–water partition coefficient (Wildman–Crippen LogP) is 2.57. The number of ether oxygens (including phenoxy) is 1.